The Morgan fingerprint density at radius 1 is 1.31 bits per heavy atom. The van der Waals surface area contributed by atoms with Crippen LogP contribution in [0.15, 0.2) is 47.0 Å². The summed E-state index contributed by atoms with van der Waals surface area (Å²) >= 11 is 0. The zero-order valence-electron chi connectivity index (χ0n) is 14.8. The van der Waals surface area contributed by atoms with Crippen molar-refractivity contribution in [3.05, 3.63) is 59.7 Å². The number of carbonyl (C=O) groups excluding carboxylic acids is 1. The van der Waals surface area contributed by atoms with E-state index in [0.29, 0.717) is 17.6 Å². The molecule has 4 rings (SSSR count). The molecular formula is C20H22N4O2. The molecule has 0 saturated carbocycles. The van der Waals surface area contributed by atoms with Crippen LogP contribution in [0, 0.1) is 6.92 Å². The van der Waals surface area contributed by atoms with Gasteiger partial charge in [-0.2, -0.15) is 5.10 Å². The van der Waals surface area contributed by atoms with Crippen LogP contribution in [0.3, 0.4) is 0 Å². The SMILES string of the molecule is Cc1oc(-c2ccccc2)nc1CC(=O)N1CCC[C@@H](c2ccn[nH]2)C1. The van der Waals surface area contributed by atoms with Crippen LogP contribution in [-0.4, -0.2) is 39.1 Å². The molecule has 0 radical (unpaired) electrons. The molecule has 1 N–H and O–H groups in total. The first-order chi connectivity index (χ1) is 12.7. The first kappa shape index (κ1) is 16.6. The Morgan fingerprint density at radius 3 is 2.92 bits per heavy atom. The minimum atomic E-state index is 0.102. The topological polar surface area (TPSA) is 75.0 Å². The van der Waals surface area contributed by atoms with Gasteiger partial charge in [-0.25, -0.2) is 4.98 Å². The number of oxazole rings is 1. The van der Waals surface area contributed by atoms with Gasteiger partial charge in [0.1, 0.15) is 5.76 Å². The number of H-pyrrole nitrogens is 1. The standard InChI is InChI=1S/C20H22N4O2/c1-14-18(22-20(26-14)15-6-3-2-4-7-15)12-19(25)24-11-5-8-16(13-24)17-9-10-21-23-17/h2-4,6-7,9-10,16H,5,8,11-13H2,1H3,(H,21,23)/t16-/m1/s1. The number of likely N-dealkylation sites (tertiary alicyclic amines) is 1. The van der Waals surface area contributed by atoms with E-state index in [1.54, 1.807) is 6.20 Å². The van der Waals surface area contributed by atoms with E-state index in [1.165, 1.54) is 0 Å². The lowest BCUT2D eigenvalue weighted by atomic mass is 9.94. The average molecular weight is 350 g/mol. The number of hydrogen-bond acceptors (Lipinski definition) is 4. The highest BCUT2D eigenvalue weighted by atomic mass is 16.4. The van der Waals surface area contributed by atoms with E-state index in [0.717, 1.165) is 42.9 Å². The normalized spacial score (nSPS) is 17.4. The summed E-state index contributed by atoms with van der Waals surface area (Å²) in [6.07, 6.45) is 4.12. The molecule has 3 heterocycles. The van der Waals surface area contributed by atoms with Crippen molar-refractivity contribution in [2.45, 2.75) is 32.1 Å². The molecule has 6 nitrogen and oxygen atoms in total. The Balaban J connectivity index is 1.45. The fourth-order valence-corrected chi connectivity index (χ4v) is 3.50. The van der Waals surface area contributed by atoms with Crippen LogP contribution >= 0.6 is 0 Å². The predicted octanol–water partition coefficient (Wildman–Crippen LogP) is 3.32. The highest BCUT2D eigenvalue weighted by Crippen LogP contribution is 2.26. The summed E-state index contributed by atoms with van der Waals surface area (Å²) in [7, 11) is 0. The molecule has 1 fully saturated rings. The number of nitrogens with zero attached hydrogens (tertiary/aromatic N) is 3. The summed E-state index contributed by atoms with van der Waals surface area (Å²) in [6.45, 7) is 3.39. The molecule has 6 heteroatoms. The number of benzene rings is 1. The molecule has 1 amide bonds. The Bertz CT molecular complexity index is 871. The zero-order valence-corrected chi connectivity index (χ0v) is 14.8. The minimum Gasteiger partial charge on any atom is -0.441 e. The van der Waals surface area contributed by atoms with E-state index in [4.69, 9.17) is 4.42 Å². The summed E-state index contributed by atoms with van der Waals surface area (Å²) in [5.74, 6) is 1.71. The number of carbonyl (C=O) groups is 1. The molecule has 0 bridgehead atoms. The van der Waals surface area contributed by atoms with Gasteiger partial charge in [0.05, 0.1) is 12.1 Å². The number of aromatic amines is 1. The Kier molecular flexibility index (Phi) is 4.56. The Hall–Kier alpha value is -2.89. The Morgan fingerprint density at radius 2 is 2.15 bits per heavy atom. The van der Waals surface area contributed by atoms with Crippen molar-refractivity contribution >= 4 is 5.91 Å². The molecule has 134 valence electrons. The molecule has 0 aliphatic carbocycles. The second kappa shape index (κ2) is 7.15. The van der Waals surface area contributed by atoms with Crippen LogP contribution in [0.4, 0.5) is 0 Å². The van der Waals surface area contributed by atoms with Crippen molar-refractivity contribution < 1.29 is 9.21 Å². The van der Waals surface area contributed by atoms with Crippen molar-refractivity contribution in [2.75, 3.05) is 13.1 Å². The van der Waals surface area contributed by atoms with Gasteiger partial charge in [-0.3, -0.25) is 9.89 Å². The third-order valence-electron chi connectivity index (χ3n) is 4.97. The zero-order chi connectivity index (χ0) is 17.9. The van der Waals surface area contributed by atoms with Crippen molar-refractivity contribution in [3.8, 4) is 11.5 Å². The van der Waals surface area contributed by atoms with E-state index >= 15 is 0 Å². The maximum absolute atomic E-state index is 12.8. The molecule has 1 saturated heterocycles. The third-order valence-corrected chi connectivity index (χ3v) is 4.97. The van der Waals surface area contributed by atoms with Gasteiger partial charge in [0.2, 0.25) is 11.8 Å². The monoisotopic (exact) mass is 350 g/mol. The van der Waals surface area contributed by atoms with Gasteiger partial charge in [-0.15, -0.1) is 0 Å². The van der Waals surface area contributed by atoms with Crippen LogP contribution < -0.4 is 0 Å². The van der Waals surface area contributed by atoms with E-state index in [1.807, 2.05) is 48.2 Å². The lowest BCUT2D eigenvalue weighted by molar-refractivity contribution is -0.131. The first-order valence-corrected chi connectivity index (χ1v) is 8.99. The number of aromatic nitrogens is 3. The van der Waals surface area contributed by atoms with Crippen LogP contribution in [0.2, 0.25) is 0 Å². The fourth-order valence-electron chi connectivity index (χ4n) is 3.50. The van der Waals surface area contributed by atoms with E-state index in [-0.39, 0.29) is 12.3 Å². The summed E-state index contributed by atoms with van der Waals surface area (Å²) in [4.78, 5) is 19.3. The highest BCUT2D eigenvalue weighted by Gasteiger charge is 2.26. The number of rotatable bonds is 4. The number of piperidine rings is 1. The minimum absolute atomic E-state index is 0.102. The molecule has 0 spiro atoms. The summed E-state index contributed by atoms with van der Waals surface area (Å²) in [5, 5.41) is 7.06. The number of hydrogen-bond donors (Lipinski definition) is 1. The van der Waals surface area contributed by atoms with Gasteiger partial charge >= 0.3 is 0 Å². The van der Waals surface area contributed by atoms with Gasteiger partial charge in [0.15, 0.2) is 0 Å². The molecule has 0 unspecified atom stereocenters. The molecule has 1 aliphatic heterocycles. The molecular weight excluding hydrogens is 328 g/mol. The largest absolute Gasteiger partial charge is 0.441 e. The van der Waals surface area contributed by atoms with Crippen LogP contribution in [-0.2, 0) is 11.2 Å². The van der Waals surface area contributed by atoms with Gasteiger partial charge in [-0.05, 0) is 38.0 Å². The molecule has 1 aromatic carbocycles. The average Bonchev–Trinajstić information content (AvgIpc) is 3.33. The van der Waals surface area contributed by atoms with Gasteiger partial charge in [-0.1, -0.05) is 18.2 Å². The van der Waals surface area contributed by atoms with E-state index in [9.17, 15) is 4.79 Å². The van der Waals surface area contributed by atoms with Crippen LogP contribution in [0.5, 0.6) is 0 Å². The van der Waals surface area contributed by atoms with Crippen molar-refractivity contribution in [1.29, 1.82) is 0 Å². The molecule has 26 heavy (non-hydrogen) atoms. The van der Waals surface area contributed by atoms with Gasteiger partial charge in [0.25, 0.3) is 0 Å². The highest BCUT2D eigenvalue weighted by molar-refractivity contribution is 5.79. The lowest BCUT2D eigenvalue weighted by Gasteiger charge is -2.32. The fraction of sp³-hybridized carbons (Fsp3) is 0.350. The molecule has 3 aromatic rings. The second-order valence-electron chi connectivity index (χ2n) is 6.76. The van der Waals surface area contributed by atoms with Crippen LogP contribution in [0.1, 0.15) is 35.9 Å². The summed E-state index contributed by atoms with van der Waals surface area (Å²) in [5.41, 5.74) is 2.75. The van der Waals surface area contributed by atoms with Crippen molar-refractivity contribution in [1.82, 2.24) is 20.1 Å². The first-order valence-electron chi connectivity index (χ1n) is 8.99. The number of aryl methyl sites for hydroxylation is 1. The number of nitrogens with one attached hydrogen (secondary N) is 1. The maximum Gasteiger partial charge on any atom is 0.228 e. The third kappa shape index (κ3) is 3.40. The van der Waals surface area contributed by atoms with Gasteiger partial charge in [0, 0.05) is 36.5 Å². The summed E-state index contributed by atoms with van der Waals surface area (Å²) in [6, 6.07) is 11.8. The van der Waals surface area contributed by atoms with Gasteiger partial charge < -0.3 is 9.32 Å². The van der Waals surface area contributed by atoms with Crippen molar-refractivity contribution in [3.63, 3.8) is 0 Å². The number of amides is 1. The lowest BCUT2D eigenvalue weighted by Crippen LogP contribution is -2.40. The summed E-state index contributed by atoms with van der Waals surface area (Å²) < 4.78 is 5.77. The smallest absolute Gasteiger partial charge is 0.228 e. The maximum atomic E-state index is 12.8. The second-order valence-corrected chi connectivity index (χ2v) is 6.76. The van der Waals surface area contributed by atoms with Crippen LogP contribution in [0.25, 0.3) is 11.5 Å². The Labute approximate surface area is 152 Å². The quantitative estimate of drug-likeness (QED) is 0.783. The predicted molar refractivity (Wildman–Crippen MR) is 97.5 cm³/mol. The van der Waals surface area contributed by atoms with E-state index in [2.05, 4.69) is 15.2 Å². The molecule has 1 atom stereocenters. The van der Waals surface area contributed by atoms with Crippen molar-refractivity contribution in [2.24, 2.45) is 0 Å². The molecule has 1 aliphatic rings. The van der Waals surface area contributed by atoms with E-state index < -0.39 is 0 Å². The molecule has 2 aromatic heterocycles.